The highest BCUT2D eigenvalue weighted by Crippen LogP contribution is 2.28. The second kappa shape index (κ2) is 5.91. The maximum Gasteiger partial charge on any atom is 0.253 e. The molecule has 3 heteroatoms. The van der Waals surface area contributed by atoms with E-state index in [0.717, 1.165) is 25.7 Å². The molecule has 1 fully saturated rings. The van der Waals surface area contributed by atoms with Crippen LogP contribution in [0.4, 0.5) is 0 Å². The molecule has 0 aromatic heterocycles. The van der Waals surface area contributed by atoms with Crippen molar-refractivity contribution in [2.45, 2.75) is 37.8 Å². The zero-order valence-electron chi connectivity index (χ0n) is 10.5. The van der Waals surface area contributed by atoms with E-state index in [0.29, 0.717) is 11.5 Å². The summed E-state index contributed by atoms with van der Waals surface area (Å²) in [6.45, 7) is 3.91. The standard InChI is InChI=1S/C15H19NO2/c1-2-11-9-6-10-13(11)16-15(18)14(17)12-7-4-3-5-8-12/h3-5,7-8,11,13-14,17H,1-2,6,9-10H2/p+1/t11-,13-,14+/m0/s1. The molecule has 0 aliphatic heterocycles. The van der Waals surface area contributed by atoms with Crippen LogP contribution in [0, 0.1) is 12.8 Å². The first kappa shape index (κ1) is 13.0. The Morgan fingerprint density at radius 1 is 1.39 bits per heavy atom. The summed E-state index contributed by atoms with van der Waals surface area (Å²) in [6, 6.07) is 9.20. The average Bonchev–Trinajstić information content (AvgIpc) is 2.86. The highest BCUT2D eigenvalue weighted by atomic mass is 16.3. The number of nitrogens with one attached hydrogen (secondary N) is 1. The van der Waals surface area contributed by atoms with Gasteiger partial charge in [-0.1, -0.05) is 36.8 Å². The van der Waals surface area contributed by atoms with Gasteiger partial charge in [-0.25, -0.2) is 0 Å². The molecule has 0 heterocycles. The lowest BCUT2D eigenvalue weighted by Gasteiger charge is -2.20. The van der Waals surface area contributed by atoms with Crippen molar-refractivity contribution in [2.75, 3.05) is 0 Å². The third-order valence-corrected chi connectivity index (χ3v) is 3.72. The van der Waals surface area contributed by atoms with E-state index >= 15 is 0 Å². The smallest absolute Gasteiger partial charge is 0.253 e. The SMILES string of the molecule is [CH2+]C[C@H]1CCC[C@@H]1NC(=O)[C@H](O)c1ccccc1. The van der Waals surface area contributed by atoms with Crippen molar-refractivity contribution in [2.24, 2.45) is 5.92 Å². The molecule has 1 aromatic rings. The van der Waals surface area contributed by atoms with Crippen molar-refractivity contribution in [3.8, 4) is 0 Å². The van der Waals surface area contributed by atoms with E-state index in [9.17, 15) is 9.90 Å². The van der Waals surface area contributed by atoms with Gasteiger partial charge in [-0.2, -0.15) is 0 Å². The largest absolute Gasteiger partial charge is 0.378 e. The van der Waals surface area contributed by atoms with Gasteiger partial charge in [0.2, 0.25) is 0 Å². The average molecular weight is 246 g/mol. The number of amides is 1. The Bertz CT molecular complexity index is 391. The van der Waals surface area contributed by atoms with Crippen molar-refractivity contribution in [3.05, 3.63) is 42.8 Å². The number of rotatable bonds is 4. The Kier molecular flexibility index (Phi) is 4.26. The van der Waals surface area contributed by atoms with Gasteiger partial charge < -0.3 is 10.4 Å². The highest BCUT2D eigenvalue weighted by Gasteiger charge is 2.30. The van der Waals surface area contributed by atoms with Gasteiger partial charge in [0, 0.05) is 12.0 Å². The van der Waals surface area contributed by atoms with E-state index < -0.39 is 6.10 Å². The number of aliphatic hydroxyl groups is 1. The van der Waals surface area contributed by atoms with E-state index in [-0.39, 0.29) is 11.9 Å². The van der Waals surface area contributed by atoms with Crippen LogP contribution in [0.25, 0.3) is 0 Å². The molecule has 0 spiro atoms. The molecule has 3 nitrogen and oxygen atoms in total. The predicted molar refractivity (Wildman–Crippen MR) is 70.6 cm³/mol. The maximum absolute atomic E-state index is 12.0. The Labute approximate surface area is 108 Å². The molecule has 1 aliphatic rings. The van der Waals surface area contributed by atoms with Gasteiger partial charge in [0.15, 0.2) is 6.10 Å². The number of hydrogen-bond donors (Lipinski definition) is 2. The molecule has 0 bridgehead atoms. The first-order valence-electron chi connectivity index (χ1n) is 6.55. The van der Waals surface area contributed by atoms with E-state index in [1.807, 2.05) is 18.2 Å². The number of hydrogen-bond acceptors (Lipinski definition) is 2. The summed E-state index contributed by atoms with van der Waals surface area (Å²) in [4.78, 5) is 12.0. The Balaban J connectivity index is 1.95. The summed E-state index contributed by atoms with van der Waals surface area (Å²) in [7, 11) is 0. The van der Waals surface area contributed by atoms with Crippen LogP contribution in [0.15, 0.2) is 30.3 Å². The molecule has 2 rings (SSSR count). The fourth-order valence-electron chi connectivity index (χ4n) is 2.62. The fourth-order valence-corrected chi connectivity index (χ4v) is 2.62. The van der Waals surface area contributed by atoms with Gasteiger partial charge in [-0.05, 0) is 18.4 Å². The van der Waals surface area contributed by atoms with E-state index in [1.165, 1.54) is 0 Å². The molecule has 18 heavy (non-hydrogen) atoms. The van der Waals surface area contributed by atoms with E-state index in [4.69, 9.17) is 0 Å². The van der Waals surface area contributed by atoms with Crippen LogP contribution in [0.2, 0.25) is 0 Å². The van der Waals surface area contributed by atoms with E-state index in [2.05, 4.69) is 12.2 Å². The third kappa shape index (κ3) is 2.85. The molecule has 96 valence electrons. The van der Waals surface area contributed by atoms with Crippen molar-refractivity contribution in [3.63, 3.8) is 0 Å². The van der Waals surface area contributed by atoms with E-state index in [1.54, 1.807) is 12.1 Å². The topological polar surface area (TPSA) is 49.3 Å². The second-order valence-electron chi connectivity index (χ2n) is 4.91. The normalized spacial score (nSPS) is 24.7. The van der Waals surface area contributed by atoms with Crippen molar-refractivity contribution in [1.82, 2.24) is 5.32 Å². The van der Waals surface area contributed by atoms with Crippen LogP contribution in [0.1, 0.15) is 37.4 Å². The lowest BCUT2D eigenvalue weighted by Crippen LogP contribution is -2.40. The van der Waals surface area contributed by atoms with Gasteiger partial charge in [-0.3, -0.25) is 4.79 Å². The van der Waals surface area contributed by atoms with Gasteiger partial charge in [0.05, 0.1) is 13.3 Å². The van der Waals surface area contributed by atoms with Gasteiger partial charge in [0.1, 0.15) is 0 Å². The minimum atomic E-state index is -1.07. The molecule has 0 saturated heterocycles. The van der Waals surface area contributed by atoms with Crippen LogP contribution in [-0.4, -0.2) is 17.1 Å². The lowest BCUT2D eigenvalue weighted by atomic mass is 10.00. The summed E-state index contributed by atoms with van der Waals surface area (Å²) in [5, 5.41) is 12.9. The van der Waals surface area contributed by atoms with Crippen LogP contribution in [-0.2, 0) is 4.79 Å². The predicted octanol–water partition coefficient (Wildman–Crippen LogP) is 2.23. The van der Waals surface area contributed by atoms with Crippen LogP contribution < -0.4 is 5.32 Å². The zero-order chi connectivity index (χ0) is 13.0. The monoisotopic (exact) mass is 246 g/mol. The maximum atomic E-state index is 12.0. The first-order valence-corrected chi connectivity index (χ1v) is 6.55. The van der Waals surface area contributed by atoms with Gasteiger partial charge in [0.25, 0.3) is 5.91 Å². The molecule has 3 atom stereocenters. The quantitative estimate of drug-likeness (QED) is 0.800. The summed E-state index contributed by atoms with van der Waals surface area (Å²) >= 11 is 0. The Morgan fingerprint density at radius 2 is 2.11 bits per heavy atom. The Morgan fingerprint density at radius 3 is 2.78 bits per heavy atom. The molecule has 1 saturated carbocycles. The minimum Gasteiger partial charge on any atom is -0.378 e. The van der Waals surface area contributed by atoms with Crippen molar-refractivity contribution < 1.29 is 9.90 Å². The van der Waals surface area contributed by atoms with Crippen LogP contribution >= 0.6 is 0 Å². The van der Waals surface area contributed by atoms with Crippen LogP contribution in [0.5, 0.6) is 0 Å². The molecule has 1 aromatic carbocycles. The summed E-state index contributed by atoms with van der Waals surface area (Å²) in [6.07, 6.45) is 3.01. The fraction of sp³-hybridized carbons (Fsp3) is 0.467. The number of carbonyl (C=O) groups is 1. The van der Waals surface area contributed by atoms with Crippen LogP contribution in [0.3, 0.4) is 0 Å². The molecule has 0 unspecified atom stereocenters. The summed E-state index contributed by atoms with van der Waals surface area (Å²) < 4.78 is 0. The molecular formula is C15H20NO2+. The molecule has 1 aliphatic carbocycles. The number of carbonyl (C=O) groups excluding carboxylic acids is 1. The Hall–Kier alpha value is -1.48. The molecule has 2 N–H and O–H groups in total. The van der Waals surface area contributed by atoms with Crippen molar-refractivity contribution in [1.29, 1.82) is 0 Å². The minimum absolute atomic E-state index is 0.174. The second-order valence-corrected chi connectivity index (χ2v) is 4.91. The summed E-state index contributed by atoms with van der Waals surface area (Å²) in [5.41, 5.74) is 0.638. The zero-order valence-corrected chi connectivity index (χ0v) is 10.5. The molecule has 0 radical (unpaired) electrons. The molecular weight excluding hydrogens is 226 g/mol. The van der Waals surface area contributed by atoms with Crippen molar-refractivity contribution >= 4 is 5.91 Å². The van der Waals surface area contributed by atoms with Gasteiger partial charge in [-0.15, -0.1) is 0 Å². The lowest BCUT2D eigenvalue weighted by molar-refractivity contribution is -0.130. The van der Waals surface area contributed by atoms with Gasteiger partial charge >= 0.3 is 0 Å². The molecule has 1 amide bonds. The first-order chi connectivity index (χ1) is 8.72. The number of benzene rings is 1. The highest BCUT2D eigenvalue weighted by molar-refractivity contribution is 5.82. The third-order valence-electron chi connectivity index (χ3n) is 3.72. The number of aliphatic hydroxyl groups excluding tert-OH is 1. The summed E-state index contributed by atoms with van der Waals surface area (Å²) in [5.74, 6) is 0.156.